The molecule has 2 nitrogen and oxygen atoms in total. The van der Waals surface area contributed by atoms with Crippen molar-refractivity contribution >= 4 is 0 Å². The second-order valence-electron chi connectivity index (χ2n) is 3.18. The highest BCUT2D eigenvalue weighted by atomic mass is 19.3. The molecule has 0 aliphatic rings. The Morgan fingerprint density at radius 1 is 1.35 bits per heavy atom. The van der Waals surface area contributed by atoms with Crippen LogP contribution in [0.4, 0.5) is 13.2 Å². The van der Waals surface area contributed by atoms with Crippen LogP contribution in [0.25, 0.3) is 0 Å². The van der Waals surface area contributed by atoms with Crippen LogP contribution in [0.2, 0.25) is 0 Å². The Kier molecular flexibility index (Phi) is 5.53. The number of rotatable bonds is 4. The molecule has 0 aliphatic carbocycles. The standard InChI is InChI=1S/C12H11F3O2/c13-11-4-3-9(7-17-8-12(14)15)6-10(11)2-1-5-16/h3-4,6,12,16H,5,7-8H2. The van der Waals surface area contributed by atoms with Gasteiger partial charge in [0.05, 0.1) is 12.2 Å². The Bertz CT molecular complexity index is 421. The van der Waals surface area contributed by atoms with Crippen LogP contribution >= 0.6 is 0 Å². The topological polar surface area (TPSA) is 29.5 Å². The van der Waals surface area contributed by atoms with Crippen LogP contribution in [0.1, 0.15) is 11.1 Å². The molecule has 0 atom stereocenters. The molecule has 1 N–H and O–H groups in total. The van der Waals surface area contributed by atoms with Gasteiger partial charge in [0.2, 0.25) is 0 Å². The minimum atomic E-state index is -2.52. The highest BCUT2D eigenvalue weighted by Gasteiger charge is 2.04. The number of aliphatic hydroxyl groups is 1. The van der Waals surface area contributed by atoms with E-state index >= 15 is 0 Å². The minimum absolute atomic E-state index is 0.0293. The summed E-state index contributed by atoms with van der Waals surface area (Å²) in [6, 6.07) is 4.02. The van der Waals surface area contributed by atoms with Crippen molar-refractivity contribution in [1.82, 2.24) is 0 Å². The zero-order chi connectivity index (χ0) is 12.7. The van der Waals surface area contributed by atoms with Gasteiger partial charge >= 0.3 is 0 Å². The van der Waals surface area contributed by atoms with Gasteiger partial charge in [-0.2, -0.15) is 0 Å². The van der Waals surface area contributed by atoms with E-state index in [0.29, 0.717) is 5.56 Å². The van der Waals surface area contributed by atoms with E-state index in [1.165, 1.54) is 18.2 Å². The molecule has 0 saturated carbocycles. The quantitative estimate of drug-likeness (QED) is 0.820. The average Bonchev–Trinajstić information content (AvgIpc) is 2.29. The van der Waals surface area contributed by atoms with Gasteiger partial charge in [-0.15, -0.1) is 0 Å². The van der Waals surface area contributed by atoms with Gasteiger partial charge < -0.3 is 9.84 Å². The molecule has 0 bridgehead atoms. The summed E-state index contributed by atoms with van der Waals surface area (Å²) >= 11 is 0. The van der Waals surface area contributed by atoms with Crippen molar-refractivity contribution in [2.45, 2.75) is 13.0 Å². The van der Waals surface area contributed by atoms with E-state index in [4.69, 9.17) is 9.84 Å². The molecule has 0 saturated heterocycles. The zero-order valence-electron chi connectivity index (χ0n) is 8.92. The van der Waals surface area contributed by atoms with E-state index in [1.54, 1.807) is 0 Å². The summed E-state index contributed by atoms with van der Waals surface area (Å²) in [7, 11) is 0. The molecule has 0 aromatic heterocycles. The third kappa shape index (κ3) is 4.89. The van der Waals surface area contributed by atoms with Crippen LogP contribution in [0, 0.1) is 17.7 Å². The fraction of sp³-hybridized carbons (Fsp3) is 0.333. The van der Waals surface area contributed by atoms with Crippen molar-refractivity contribution < 1.29 is 23.0 Å². The lowest BCUT2D eigenvalue weighted by Crippen LogP contribution is -2.04. The molecule has 1 aromatic rings. The van der Waals surface area contributed by atoms with Gasteiger partial charge in [0.25, 0.3) is 6.43 Å². The van der Waals surface area contributed by atoms with Crippen molar-refractivity contribution in [3.63, 3.8) is 0 Å². The Labute approximate surface area is 97.0 Å². The van der Waals surface area contributed by atoms with Gasteiger partial charge in [-0.25, -0.2) is 13.2 Å². The molecule has 0 unspecified atom stereocenters. The van der Waals surface area contributed by atoms with Crippen molar-refractivity contribution in [3.8, 4) is 11.8 Å². The van der Waals surface area contributed by atoms with Crippen LogP contribution in [0.15, 0.2) is 18.2 Å². The molecule has 1 rings (SSSR count). The van der Waals surface area contributed by atoms with E-state index in [1.807, 2.05) is 0 Å². The molecule has 92 valence electrons. The monoisotopic (exact) mass is 244 g/mol. The Morgan fingerprint density at radius 2 is 2.12 bits per heavy atom. The number of benzene rings is 1. The molecule has 17 heavy (non-hydrogen) atoms. The lowest BCUT2D eigenvalue weighted by molar-refractivity contribution is 0.00986. The predicted octanol–water partition coefficient (Wildman–Crippen LogP) is 1.95. The molecule has 0 heterocycles. The number of aliphatic hydroxyl groups excluding tert-OH is 1. The van der Waals surface area contributed by atoms with Crippen molar-refractivity contribution in [3.05, 3.63) is 35.1 Å². The minimum Gasteiger partial charge on any atom is -0.384 e. The lowest BCUT2D eigenvalue weighted by Gasteiger charge is -2.04. The van der Waals surface area contributed by atoms with Gasteiger partial charge in [0.1, 0.15) is 19.0 Å². The largest absolute Gasteiger partial charge is 0.384 e. The maximum absolute atomic E-state index is 13.2. The van der Waals surface area contributed by atoms with E-state index in [9.17, 15) is 13.2 Å². The van der Waals surface area contributed by atoms with E-state index in [0.717, 1.165) is 0 Å². The summed E-state index contributed by atoms with van der Waals surface area (Å²) in [5.41, 5.74) is 0.659. The number of alkyl halides is 2. The SMILES string of the molecule is OCC#Cc1cc(COCC(F)F)ccc1F. The van der Waals surface area contributed by atoms with Crippen LogP contribution in [0.5, 0.6) is 0 Å². The third-order valence-electron chi connectivity index (χ3n) is 1.85. The van der Waals surface area contributed by atoms with E-state index in [2.05, 4.69) is 11.8 Å². The molecule has 0 aliphatic heterocycles. The number of hydrogen-bond acceptors (Lipinski definition) is 2. The number of hydrogen-bond donors (Lipinski definition) is 1. The maximum atomic E-state index is 13.2. The molecule has 1 aromatic carbocycles. The summed E-state index contributed by atoms with van der Waals surface area (Å²) in [6.45, 7) is -1.06. The van der Waals surface area contributed by atoms with E-state index in [-0.39, 0.29) is 18.8 Å². The number of ether oxygens (including phenoxy) is 1. The summed E-state index contributed by atoms with van der Waals surface area (Å²) in [5, 5.41) is 8.49. The summed E-state index contributed by atoms with van der Waals surface area (Å²) < 4.78 is 41.5. The first-order valence-corrected chi connectivity index (χ1v) is 4.87. The second kappa shape index (κ2) is 6.94. The highest BCUT2D eigenvalue weighted by Crippen LogP contribution is 2.11. The van der Waals surface area contributed by atoms with Gasteiger partial charge in [0.15, 0.2) is 0 Å². The zero-order valence-corrected chi connectivity index (χ0v) is 8.92. The molecule has 0 fully saturated rings. The first kappa shape index (κ1) is 13.6. The fourth-order valence-corrected chi connectivity index (χ4v) is 1.16. The Balaban J connectivity index is 2.68. The fourth-order valence-electron chi connectivity index (χ4n) is 1.16. The van der Waals surface area contributed by atoms with Gasteiger partial charge in [-0.3, -0.25) is 0 Å². The van der Waals surface area contributed by atoms with Crippen molar-refractivity contribution in [1.29, 1.82) is 0 Å². The van der Waals surface area contributed by atoms with Crippen LogP contribution in [0.3, 0.4) is 0 Å². The first-order valence-electron chi connectivity index (χ1n) is 4.87. The smallest absolute Gasteiger partial charge is 0.261 e. The Hall–Kier alpha value is -1.51. The molecule has 0 spiro atoms. The lowest BCUT2D eigenvalue weighted by atomic mass is 10.1. The maximum Gasteiger partial charge on any atom is 0.261 e. The van der Waals surface area contributed by atoms with Crippen LogP contribution in [-0.2, 0) is 11.3 Å². The van der Waals surface area contributed by atoms with E-state index < -0.39 is 18.8 Å². The number of halogens is 3. The normalized spacial score (nSPS) is 10.2. The van der Waals surface area contributed by atoms with Crippen LogP contribution in [-0.4, -0.2) is 24.7 Å². The summed E-state index contributed by atoms with van der Waals surface area (Å²) in [6.07, 6.45) is -2.52. The third-order valence-corrected chi connectivity index (χ3v) is 1.85. The first-order chi connectivity index (χ1) is 8.13. The predicted molar refractivity (Wildman–Crippen MR) is 56.0 cm³/mol. The van der Waals surface area contributed by atoms with Gasteiger partial charge in [-0.1, -0.05) is 17.9 Å². The summed E-state index contributed by atoms with van der Waals surface area (Å²) in [4.78, 5) is 0. The van der Waals surface area contributed by atoms with Gasteiger partial charge in [-0.05, 0) is 17.7 Å². The van der Waals surface area contributed by atoms with Gasteiger partial charge in [0, 0.05) is 0 Å². The molecular weight excluding hydrogens is 233 g/mol. The second-order valence-corrected chi connectivity index (χ2v) is 3.18. The van der Waals surface area contributed by atoms with Crippen molar-refractivity contribution in [2.75, 3.05) is 13.2 Å². The highest BCUT2D eigenvalue weighted by molar-refractivity contribution is 5.38. The summed E-state index contributed by atoms with van der Waals surface area (Å²) in [5.74, 6) is 4.21. The van der Waals surface area contributed by atoms with Crippen LogP contribution < -0.4 is 0 Å². The molecule has 0 radical (unpaired) electrons. The van der Waals surface area contributed by atoms with Crippen molar-refractivity contribution in [2.24, 2.45) is 0 Å². The molecular formula is C12H11F3O2. The average molecular weight is 244 g/mol. The molecule has 5 heteroatoms. The molecule has 0 amide bonds. The Morgan fingerprint density at radius 3 is 2.76 bits per heavy atom.